The van der Waals surface area contributed by atoms with Crippen LogP contribution in [0.2, 0.25) is 0 Å². The molecule has 0 spiro atoms. The smallest absolute Gasteiger partial charge is 0.250 e. The molecule has 0 saturated heterocycles. The molecule has 1 aliphatic carbocycles. The van der Waals surface area contributed by atoms with Gasteiger partial charge >= 0.3 is 0 Å². The number of benzene rings is 2. The monoisotopic (exact) mass is 322 g/mol. The molecule has 122 valence electrons. The average molecular weight is 322 g/mol. The lowest BCUT2D eigenvalue weighted by Gasteiger charge is -2.13. The molecule has 3 rings (SSSR count). The third-order valence-electron chi connectivity index (χ3n) is 4.30. The molecule has 0 atom stereocenters. The van der Waals surface area contributed by atoms with Gasteiger partial charge in [0.15, 0.2) is 5.78 Å². The fourth-order valence-electron chi connectivity index (χ4n) is 3.09. The zero-order chi connectivity index (χ0) is 17.1. The zero-order valence-corrected chi connectivity index (χ0v) is 13.4. The molecule has 0 aliphatic heterocycles. The van der Waals surface area contributed by atoms with Crippen LogP contribution in [0.4, 0.5) is 5.69 Å². The maximum absolute atomic E-state index is 13.0. The highest BCUT2D eigenvalue weighted by Crippen LogP contribution is 2.30. The van der Waals surface area contributed by atoms with Crippen molar-refractivity contribution in [3.05, 3.63) is 86.7 Å². The maximum atomic E-state index is 13.0. The van der Waals surface area contributed by atoms with E-state index in [0.29, 0.717) is 16.8 Å². The Hall–Kier alpha value is -2.95. The van der Waals surface area contributed by atoms with E-state index >= 15 is 0 Å². The Kier molecular flexibility index (Phi) is 4.42. The molecule has 0 fully saturated rings. The molecule has 0 saturated carbocycles. The molecule has 0 aromatic heterocycles. The van der Waals surface area contributed by atoms with Crippen molar-refractivity contribution in [2.75, 3.05) is 5.32 Å². The molecule has 0 radical (unpaired) electrons. The van der Waals surface area contributed by atoms with Crippen molar-refractivity contribution >= 4 is 11.5 Å². The van der Waals surface area contributed by atoms with Crippen molar-refractivity contribution in [3.63, 3.8) is 0 Å². The molecule has 5 nitrogen and oxygen atoms in total. The minimum Gasteiger partial charge on any atom is -0.356 e. The standard InChI is InChI=1S/C19H18N2O3/c1-13-5-2-3-8-16(13)19(22)17-11-14-6-4-7-15(14)12-18(17)20-9-10-21(23)24/h2-3,5,8-12,20H,4,6-7H2,1H3. The molecule has 1 N–H and O–H groups in total. The normalized spacial score (nSPS) is 13.0. The number of nitrogens with one attached hydrogen (secondary N) is 1. The second kappa shape index (κ2) is 6.66. The molecule has 0 amide bonds. The number of ketones is 1. The lowest BCUT2D eigenvalue weighted by Crippen LogP contribution is -2.08. The molecule has 2 aromatic carbocycles. The fourth-order valence-corrected chi connectivity index (χ4v) is 3.09. The van der Waals surface area contributed by atoms with E-state index in [0.717, 1.165) is 31.0 Å². The first-order valence-electron chi connectivity index (χ1n) is 7.89. The van der Waals surface area contributed by atoms with Gasteiger partial charge in [-0.05, 0) is 55.0 Å². The Bertz CT molecular complexity index is 841. The Morgan fingerprint density at radius 3 is 2.58 bits per heavy atom. The van der Waals surface area contributed by atoms with E-state index in [1.165, 1.54) is 17.3 Å². The van der Waals surface area contributed by atoms with E-state index in [4.69, 9.17) is 0 Å². The summed E-state index contributed by atoms with van der Waals surface area (Å²) in [5.41, 5.74) is 5.12. The van der Waals surface area contributed by atoms with E-state index in [2.05, 4.69) is 5.32 Å². The number of carbonyl (C=O) groups is 1. The van der Waals surface area contributed by atoms with Crippen LogP contribution in [0.25, 0.3) is 0 Å². The maximum Gasteiger partial charge on any atom is 0.250 e. The third-order valence-corrected chi connectivity index (χ3v) is 4.30. The number of aryl methyl sites for hydroxylation is 3. The van der Waals surface area contributed by atoms with Gasteiger partial charge in [-0.3, -0.25) is 14.9 Å². The summed E-state index contributed by atoms with van der Waals surface area (Å²) in [4.78, 5) is 22.9. The second-order valence-electron chi connectivity index (χ2n) is 5.91. The highest BCUT2D eigenvalue weighted by atomic mass is 16.6. The fraction of sp³-hybridized carbons (Fsp3) is 0.211. The summed E-state index contributed by atoms with van der Waals surface area (Å²) >= 11 is 0. The highest BCUT2D eigenvalue weighted by molar-refractivity contribution is 6.13. The summed E-state index contributed by atoms with van der Waals surface area (Å²) in [6.45, 7) is 1.90. The van der Waals surface area contributed by atoms with Crippen LogP contribution >= 0.6 is 0 Å². The molecule has 2 aromatic rings. The van der Waals surface area contributed by atoms with Gasteiger partial charge in [-0.25, -0.2) is 0 Å². The van der Waals surface area contributed by atoms with E-state index in [-0.39, 0.29) is 5.78 Å². The van der Waals surface area contributed by atoms with Crippen molar-refractivity contribution in [2.24, 2.45) is 0 Å². The molecule has 5 heteroatoms. The number of nitrogens with zero attached hydrogens (tertiary/aromatic N) is 1. The summed E-state index contributed by atoms with van der Waals surface area (Å²) in [6, 6.07) is 11.3. The van der Waals surface area contributed by atoms with Crippen molar-refractivity contribution in [2.45, 2.75) is 26.2 Å². The first-order valence-corrected chi connectivity index (χ1v) is 7.89. The van der Waals surface area contributed by atoms with Gasteiger partial charge < -0.3 is 5.32 Å². The van der Waals surface area contributed by atoms with Gasteiger partial charge in [0, 0.05) is 16.8 Å². The topological polar surface area (TPSA) is 72.2 Å². The van der Waals surface area contributed by atoms with Crippen LogP contribution in [0.3, 0.4) is 0 Å². The highest BCUT2D eigenvalue weighted by Gasteiger charge is 2.20. The number of anilines is 1. The van der Waals surface area contributed by atoms with Crippen LogP contribution in [0.15, 0.2) is 48.8 Å². The van der Waals surface area contributed by atoms with Crippen molar-refractivity contribution < 1.29 is 9.72 Å². The quantitative estimate of drug-likeness (QED) is 0.515. The number of fused-ring (bicyclic) bond motifs is 1. The SMILES string of the molecule is Cc1ccccc1C(=O)c1cc2c(cc1NC=C[N+](=O)[O-])CCC2. The van der Waals surface area contributed by atoms with Gasteiger partial charge in [-0.1, -0.05) is 24.3 Å². The lowest BCUT2D eigenvalue weighted by atomic mass is 9.95. The zero-order valence-electron chi connectivity index (χ0n) is 13.4. The van der Waals surface area contributed by atoms with Gasteiger partial charge in [-0.2, -0.15) is 0 Å². The van der Waals surface area contributed by atoms with E-state index < -0.39 is 4.92 Å². The summed E-state index contributed by atoms with van der Waals surface area (Å²) in [7, 11) is 0. The van der Waals surface area contributed by atoms with Gasteiger partial charge in [0.1, 0.15) is 0 Å². The van der Waals surface area contributed by atoms with Crippen LogP contribution in [0.1, 0.15) is 39.0 Å². The first-order chi connectivity index (χ1) is 11.6. The number of hydrogen-bond acceptors (Lipinski definition) is 4. The largest absolute Gasteiger partial charge is 0.356 e. The summed E-state index contributed by atoms with van der Waals surface area (Å²) in [5, 5.41) is 13.4. The van der Waals surface area contributed by atoms with Crippen LogP contribution in [0, 0.1) is 17.0 Å². The Morgan fingerprint density at radius 1 is 1.17 bits per heavy atom. The van der Waals surface area contributed by atoms with Gasteiger partial charge in [0.2, 0.25) is 6.20 Å². The minimum atomic E-state index is -0.538. The molecule has 24 heavy (non-hydrogen) atoms. The average Bonchev–Trinajstić information content (AvgIpc) is 3.01. The molecular formula is C19H18N2O3. The van der Waals surface area contributed by atoms with E-state index in [9.17, 15) is 14.9 Å². The predicted molar refractivity (Wildman–Crippen MR) is 92.8 cm³/mol. The van der Waals surface area contributed by atoms with Crippen molar-refractivity contribution in [3.8, 4) is 0 Å². The van der Waals surface area contributed by atoms with Crippen LogP contribution in [0.5, 0.6) is 0 Å². The van der Waals surface area contributed by atoms with Crippen molar-refractivity contribution in [1.82, 2.24) is 0 Å². The molecular weight excluding hydrogens is 304 g/mol. The number of carbonyl (C=O) groups excluding carboxylic acids is 1. The summed E-state index contributed by atoms with van der Waals surface area (Å²) in [5.74, 6) is -0.0696. The van der Waals surface area contributed by atoms with E-state index in [1.54, 1.807) is 0 Å². The summed E-state index contributed by atoms with van der Waals surface area (Å²) in [6.07, 6.45) is 5.10. The number of rotatable bonds is 5. The summed E-state index contributed by atoms with van der Waals surface area (Å²) < 4.78 is 0. The second-order valence-corrected chi connectivity index (χ2v) is 5.91. The molecule has 0 unspecified atom stereocenters. The predicted octanol–water partition coefficient (Wildman–Crippen LogP) is 3.87. The van der Waals surface area contributed by atoms with Crippen molar-refractivity contribution in [1.29, 1.82) is 0 Å². The minimum absolute atomic E-state index is 0.0696. The first kappa shape index (κ1) is 15.9. The Labute approximate surface area is 140 Å². The van der Waals surface area contributed by atoms with Crippen LogP contribution < -0.4 is 5.32 Å². The lowest BCUT2D eigenvalue weighted by molar-refractivity contribution is -0.402. The van der Waals surface area contributed by atoms with Gasteiger partial charge in [0.25, 0.3) is 0 Å². The third kappa shape index (κ3) is 3.20. The van der Waals surface area contributed by atoms with Crippen LogP contribution in [-0.4, -0.2) is 10.7 Å². The molecule has 0 bridgehead atoms. The van der Waals surface area contributed by atoms with Gasteiger partial charge in [-0.15, -0.1) is 0 Å². The van der Waals surface area contributed by atoms with E-state index in [1.807, 2.05) is 43.3 Å². The molecule has 0 heterocycles. The molecule has 1 aliphatic rings. The number of nitro groups is 1. The number of hydrogen-bond donors (Lipinski definition) is 1. The van der Waals surface area contributed by atoms with Crippen LogP contribution in [-0.2, 0) is 12.8 Å². The Morgan fingerprint density at radius 2 is 1.88 bits per heavy atom. The van der Waals surface area contributed by atoms with Gasteiger partial charge in [0.05, 0.1) is 11.1 Å². The Balaban J connectivity index is 2.03.